The van der Waals surface area contributed by atoms with Gasteiger partial charge >= 0.3 is 0 Å². The largest absolute Gasteiger partial charge is 0.397 e. The molecule has 0 saturated heterocycles. The van der Waals surface area contributed by atoms with Crippen molar-refractivity contribution in [1.82, 2.24) is 4.98 Å². The van der Waals surface area contributed by atoms with Crippen LogP contribution in [0, 0.1) is 6.92 Å². The Morgan fingerprint density at radius 1 is 1.38 bits per heavy atom. The van der Waals surface area contributed by atoms with Gasteiger partial charge in [0.1, 0.15) is 5.03 Å². The molecule has 1 aliphatic carbocycles. The van der Waals surface area contributed by atoms with Crippen molar-refractivity contribution >= 4 is 33.4 Å². The molecule has 16 heavy (non-hydrogen) atoms. The van der Waals surface area contributed by atoms with Gasteiger partial charge in [0.25, 0.3) is 0 Å². The highest BCUT2D eigenvalue weighted by Gasteiger charge is 2.17. The number of hydrogen-bond acceptors (Lipinski definition) is 3. The van der Waals surface area contributed by atoms with E-state index in [0.29, 0.717) is 0 Å². The molecular formula is C12H17BrN2S. The topological polar surface area (TPSA) is 38.9 Å². The van der Waals surface area contributed by atoms with Crippen LogP contribution < -0.4 is 5.73 Å². The Bertz CT molecular complexity index is 376. The Morgan fingerprint density at radius 3 is 2.75 bits per heavy atom. The molecule has 4 heteroatoms. The van der Waals surface area contributed by atoms with E-state index in [1.807, 2.05) is 18.7 Å². The number of halogens is 1. The second kappa shape index (κ2) is 5.41. The van der Waals surface area contributed by atoms with Gasteiger partial charge in [-0.05, 0) is 41.3 Å². The SMILES string of the molecule is Cc1c(N)cnc(SC2CCCCC2)c1Br. The molecule has 1 aliphatic rings. The van der Waals surface area contributed by atoms with E-state index in [0.717, 1.165) is 26.0 Å². The molecule has 1 fully saturated rings. The molecule has 2 rings (SSSR count). The van der Waals surface area contributed by atoms with E-state index < -0.39 is 0 Å². The predicted octanol–water partition coefficient (Wildman–Crippen LogP) is 4.16. The molecule has 2 N–H and O–H groups in total. The first kappa shape index (κ1) is 12.2. The van der Waals surface area contributed by atoms with Crippen molar-refractivity contribution in [3.63, 3.8) is 0 Å². The van der Waals surface area contributed by atoms with E-state index in [1.165, 1.54) is 32.1 Å². The number of anilines is 1. The Kier molecular flexibility index (Phi) is 4.14. The summed E-state index contributed by atoms with van der Waals surface area (Å²) in [5.74, 6) is 0. The van der Waals surface area contributed by atoms with E-state index in [2.05, 4.69) is 20.9 Å². The minimum Gasteiger partial charge on any atom is -0.397 e. The Balaban J connectivity index is 2.11. The molecular weight excluding hydrogens is 284 g/mol. The van der Waals surface area contributed by atoms with Gasteiger partial charge in [0.15, 0.2) is 0 Å². The molecule has 0 atom stereocenters. The molecule has 0 spiro atoms. The summed E-state index contributed by atoms with van der Waals surface area (Å²) in [6, 6.07) is 0. The van der Waals surface area contributed by atoms with Gasteiger partial charge in [-0.3, -0.25) is 0 Å². The van der Waals surface area contributed by atoms with Gasteiger partial charge in [-0.15, -0.1) is 11.8 Å². The normalized spacial score (nSPS) is 17.6. The van der Waals surface area contributed by atoms with Crippen molar-refractivity contribution in [3.05, 3.63) is 16.2 Å². The van der Waals surface area contributed by atoms with Gasteiger partial charge in [0.2, 0.25) is 0 Å². The minimum absolute atomic E-state index is 0.737. The maximum Gasteiger partial charge on any atom is 0.111 e. The minimum atomic E-state index is 0.737. The molecule has 0 bridgehead atoms. The average molecular weight is 301 g/mol. The van der Waals surface area contributed by atoms with Crippen LogP contribution in [-0.2, 0) is 0 Å². The van der Waals surface area contributed by atoms with Crippen LogP contribution in [0.1, 0.15) is 37.7 Å². The summed E-state index contributed by atoms with van der Waals surface area (Å²) in [7, 11) is 0. The number of hydrogen-bond donors (Lipinski definition) is 1. The Labute approximate surface area is 110 Å². The first-order chi connectivity index (χ1) is 7.68. The first-order valence-electron chi connectivity index (χ1n) is 5.75. The quantitative estimate of drug-likeness (QED) is 0.891. The van der Waals surface area contributed by atoms with E-state index in [-0.39, 0.29) is 0 Å². The third kappa shape index (κ3) is 2.72. The predicted molar refractivity (Wildman–Crippen MR) is 73.8 cm³/mol. The number of nitrogens with zero attached hydrogens (tertiary/aromatic N) is 1. The fourth-order valence-corrected chi connectivity index (χ4v) is 3.86. The van der Waals surface area contributed by atoms with E-state index in [4.69, 9.17) is 5.73 Å². The van der Waals surface area contributed by atoms with Gasteiger partial charge in [0.05, 0.1) is 16.4 Å². The maximum atomic E-state index is 5.82. The van der Waals surface area contributed by atoms with Crippen molar-refractivity contribution in [2.75, 3.05) is 5.73 Å². The highest BCUT2D eigenvalue weighted by Crippen LogP contribution is 2.37. The van der Waals surface area contributed by atoms with Crippen LogP contribution in [0.15, 0.2) is 15.7 Å². The van der Waals surface area contributed by atoms with Gasteiger partial charge in [-0.25, -0.2) is 4.98 Å². The highest BCUT2D eigenvalue weighted by atomic mass is 79.9. The zero-order valence-electron chi connectivity index (χ0n) is 9.50. The molecule has 88 valence electrons. The summed E-state index contributed by atoms with van der Waals surface area (Å²) in [5.41, 5.74) is 7.69. The summed E-state index contributed by atoms with van der Waals surface area (Å²) in [4.78, 5) is 4.42. The standard InChI is InChI=1S/C12H17BrN2S/c1-8-10(14)7-15-12(11(8)13)16-9-5-3-2-4-6-9/h7,9H,2-6,14H2,1H3. The van der Waals surface area contributed by atoms with Crippen molar-refractivity contribution in [1.29, 1.82) is 0 Å². The van der Waals surface area contributed by atoms with Gasteiger partial charge in [0, 0.05) is 5.25 Å². The van der Waals surface area contributed by atoms with Gasteiger partial charge in [-0.2, -0.15) is 0 Å². The Hall–Kier alpha value is -0.220. The molecule has 1 aromatic heterocycles. The van der Waals surface area contributed by atoms with Gasteiger partial charge in [-0.1, -0.05) is 19.3 Å². The second-order valence-corrected chi connectivity index (χ2v) is 6.42. The summed E-state index contributed by atoms with van der Waals surface area (Å²) < 4.78 is 1.07. The lowest BCUT2D eigenvalue weighted by atomic mass is 10.0. The van der Waals surface area contributed by atoms with Crippen LogP contribution in [0.25, 0.3) is 0 Å². The summed E-state index contributed by atoms with van der Waals surface area (Å²) in [6.07, 6.45) is 8.54. The lowest BCUT2D eigenvalue weighted by Gasteiger charge is -2.21. The van der Waals surface area contributed by atoms with E-state index >= 15 is 0 Å². The number of aromatic nitrogens is 1. The third-order valence-electron chi connectivity index (χ3n) is 3.10. The van der Waals surface area contributed by atoms with Crippen molar-refractivity contribution in [2.45, 2.75) is 49.3 Å². The zero-order valence-corrected chi connectivity index (χ0v) is 11.9. The fraction of sp³-hybridized carbons (Fsp3) is 0.583. The lowest BCUT2D eigenvalue weighted by Crippen LogP contribution is -2.08. The van der Waals surface area contributed by atoms with Crippen molar-refractivity contribution in [3.8, 4) is 0 Å². The number of rotatable bonds is 2. The summed E-state index contributed by atoms with van der Waals surface area (Å²) in [5, 5.41) is 1.83. The number of thioether (sulfide) groups is 1. The molecule has 2 nitrogen and oxygen atoms in total. The molecule has 0 aliphatic heterocycles. The van der Waals surface area contributed by atoms with Crippen LogP contribution in [0.4, 0.5) is 5.69 Å². The smallest absolute Gasteiger partial charge is 0.111 e. The number of nitrogen functional groups attached to an aromatic ring is 1. The fourth-order valence-electron chi connectivity index (χ4n) is 1.99. The molecule has 0 radical (unpaired) electrons. The van der Waals surface area contributed by atoms with Crippen LogP contribution in [-0.4, -0.2) is 10.2 Å². The highest BCUT2D eigenvalue weighted by molar-refractivity contribution is 9.10. The van der Waals surface area contributed by atoms with Crippen molar-refractivity contribution in [2.24, 2.45) is 0 Å². The van der Waals surface area contributed by atoms with E-state index in [1.54, 1.807) is 6.20 Å². The molecule has 0 amide bonds. The number of pyridine rings is 1. The van der Waals surface area contributed by atoms with E-state index in [9.17, 15) is 0 Å². The van der Waals surface area contributed by atoms with Crippen LogP contribution in [0.2, 0.25) is 0 Å². The summed E-state index contributed by atoms with van der Waals surface area (Å²) in [6.45, 7) is 2.03. The molecule has 0 aromatic carbocycles. The maximum absolute atomic E-state index is 5.82. The molecule has 1 heterocycles. The zero-order chi connectivity index (χ0) is 11.5. The Morgan fingerprint density at radius 2 is 2.06 bits per heavy atom. The van der Waals surface area contributed by atoms with Crippen LogP contribution in [0.3, 0.4) is 0 Å². The third-order valence-corrected chi connectivity index (χ3v) is 5.67. The van der Waals surface area contributed by atoms with Crippen LogP contribution in [0.5, 0.6) is 0 Å². The first-order valence-corrected chi connectivity index (χ1v) is 7.43. The molecule has 1 saturated carbocycles. The lowest BCUT2D eigenvalue weighted by molar-refractivity contribution is 0.515. The van der Waals surface area contributed by atoms with Crippen molar-refractivity contribution < 1.29 is 0 Å². The summed E-state index contributed by atoms with van der Waals surface area (Å²) >= 11 is 5.49. The monoisotopic (exact) mass is 300 g/mol. The van der Waals surface area contributed by atoms with Gasteiger partial charge < -0.3 is 5.73 Å². The average Bonchev–Trinajstić information content (AvgIpc) is 2.31. The number of nitrogens with two attached hydrogens (primary N) is 1. The second-order valence-electron chi connectivity index (χ2n) is 4.34. The van der Waals surface area contributed by atoms with Crippen LogP contribution >= 0.6 is 27.7 Å². The molecule has 0 unspecified atom stereocenters. The molecule has 1 aromatic rings.